The highest BCUT2D eigenvalue weighted by molar-refractivity contribution is 7.92. The van der Waals surface area contributed by atoms with Crippen molar-refractivity contribution in [3.8, 4) is 0 Å². The summed E-state index contributed by atoms with van der Waals surface area (Å²) >= 11 is 0. The van der Waals surface area contributed by atoms with Crippen LogP contribution in [0.5, 0.6) is 0 Å². The van der Waals surface area contributed by atoms with E-state index in [0.717, 1.165) is 56.0 Å². The zero-order valence-corrected chi connectivity index (χ0v) is 25.3. The summed E-state index contributed by atoms with van der Waals surface area (Å²) in [6, 6.07) is 13.5. The van der Waals surface area contributed by atoms with Gasteiger partial charge in [0.05, 0.1) is 18.0 Å². The summed E-state index contributed by atoms with van der Waals surface area (Å²) in [6.45, 7) is 7.52. The highest BCUT2D eigenvalue weighted by atomic mass is 32.2. The van der Waals surface area contributed by atoms with Crippen molar-refractivity contribution >= 4 is 27.5 Å². The largest absolute Gasteiger partial charge is 0.348 e. The summed E-state index contributed by atoms with van der Waals surface area (Å²) in [4.78, 5) is 28.7. The fourth-order valence-corrected chi connectivity index (χ4v) is 6.21. The van der Waals surface area contributed by atoms with E-state index in [2.05, 4.69) is 55.7 Å². The lowest BCUT2D eigenvalue weighted by molar-refractivity contribution is -0.130. The van der Waals surface area contributed by atoms with Gasteiger partial charge in [0.25, 0.3) is 5.91 Å². The van der Waals surface area contributed by atoms with Crippen LogP contribution in [0.1, 0.15) is 67.1 Å². The average molecular weight is 569 g/mol. The molecule has 1 saturated heterocycles. The molecular weight excluding hydrogens is 524 g/mol. The highest BCUT2D eigenvalue weighted by Gasteiger charge is 2.37. The number of hydrogen-bond acceptors (Lipinski definition) is 5. The first-order valence-corrected chi connectivity index (χ1v) is 16.3. The number of amides is 2. The molecule has 4 rings (SSSR count). The molecule has 2 amide bonds. The van der Waals surface area contributed by atoms with Gasteiger partial charge in [0, 0.05) is 37.8 Å². The average Bonchev–Trinajstić information content (AvgIpc) is 3.15. The Morgan fingerprint density at radius 3 is 2.45 bits per heavy atom. The molecular formula is C31H44N4O4S. The predicted octanol–water partition coefficient (Wildman–Crippen LogP) is 3.54. The molecule has 0 spiro atoms. The molecule has 3 atom stereocenters. The zero-order valence-electron chi connectivity index (χ0n) is 24.4. The molecule has 2 aromatic rings. The Kier molecular flexibility index (Phi) is 9.56. The summed E-state index contributed by atoms with van der Waals surface area (Å²) in [6.07, 6.45) is 6.17. The van der Waals surface area contributed by atoms with Crippen molar-refractivity contribution < 1.29 is 18.0 Å². The van der Waals surface area contributed by atoms with Gasteiger partial charge < -0.3 is 15.5 Å². The Bertz CT molecular complexity index is 1330. The number of benzene rings is 2. The zero-order chi connectivity index (χ0) is 29.0. The second-order valence-corrected chi connectivity index (χ2v) is 14.0. The first-order chi connectivity index (χ1) is 18.9. The number of hydrogen-bond donors (Lipinski definition) is 2. The van der Waals surface area contributed by atoms with Crippen LogP contribution in [0, 0.1) is 5.92 Å². The second kappa shape index (κ2) is 12.7. The minimum atomic E-state index is -3.48. The second-order valence-electron chi connectivity index (χ2n) is 12.0. The minimum absolute atomic E-state index is 0.122. The summed E-state index contributed by atoms with van der Waals surface area (Å²) < 4.78 is 25.8. The number of anilines is 1. The number of sulfonamides is 1. The third kappa shape index (κ3) is 7.63. The van der Waals surface area contributed by atoms with Gasteiger partial charge >= 0.3 is 0 Å². The molecule has 0 aromatic heterocycles. The number of aryl methyl sites for hydroxylation is 2. The molecule has 2 heterocycles. The predicted molar refractivity (Wildman–Crippen MR) is 160 cm³/mol. The number of nitrogens with zero attached hydrogens (tertiary/aromatic N) is 2. The molecule has 8 nitrogen and oxygen atoms in total. The lowest BCUT2D eigenvalue weighted by atomic mass is 9.97. The number of carbonyl (C=O) groups is 2. The fraction of sp³-hybridized carbons (Fsp3) is 0.548. The minimum Gasteiger partial charge on any atom is -0.348 e. The Balaban J connectivity index is 1.59. The van der Waals surface area contributed by atoms with Crippen LogP contribution in [0.2, 0.25) is 0 Å². The number of likely N-dealkylation sites (tertiary alicyclic amines) is 1. The smallest absolute Gasteiger partial charge is 0.251 e. The maximum absolute atomic E-state index is 13.6. The lowest BCUT2D eigenvalue weighted by Crippen LogP contribution is -2.48. The Morgan fingerprint density at radius 1 is 1.05 bits per heavy atom. The summed E-state index contributed by atoms with van der Waals surface area (Å²) in [5, 5.41) is 6.65. The van der Waals surface area contributed by atoms with Crippen LogP contribution in [0.25, 0.3) is 0 Å². The van der Waals surface area contributed by atoms with E-state index >= 15 is 0 Å². The fourth-order valence-electron chi connectivity index (χ4n) is 5.73. The van der Waals surface area contributed by atoms with Gasteiger partial charge in [-0.2, -0.15) is 0 Å². The summed E-state index contributed by atoms with van der Waals surface area (Å²) in [5.41, 5.74) is 4.26. The van der Waals surface area contributed by atoms with E-state index in [1.807, 2.05) is 17.0 Å². The third-order valence-corrected chi connectivity index (χ3v) is 9.16. The van der Waals surface area contributed by atoms with E-state index in [9.17, 15) is 18.0 Å². The van der Waals surface area contributed by atoms with Crippen LogP contribution >= 0.6 is 0 Å². The van der Waals surface area contributed by atoms with Gasteiger partial charge in [-0.15, -0.1) is 0 Å². The Morgan fingerprint density at radius 2 is 1.75 bits per heavy atom. The topological polar surface area (TPSA) is 98.8 Å². The van der Waals surface area contributed by atoms with Crippen LogP contribution in [-0.4, -0.2) is 69.7 Å². The van der Waals surface area contributed by atoms with E-state index < -0.39 is 10.0 Å². The van der Waals surface area contributed by atoms with Gasteiger partial charge in [0.15, 0.2) is 0 Å². The van der Waals surface area contributed by atoms with Crippen LogP contribution < -0.4 is 14.9 Å². The standard InChI is InChI=1S/C31H44N4O4S/c1-21(2)20-35-22(3)13-29(31(35)37)32-19-27-16-24-12-8-11-23(14-24)9-6-7-10-25-15-26(30(36)33-27)18-28(17-25)34(4)40(5,38)39/h8,11-12,14-15,17-18,21-22,27,29,32H,6-7,9-10,13,16,19-20H2,1-5H3,(H,33,36)/t22?,27-,29-/m0/s1. The van der Waals surface area contributed by atoms with Crippen molar-refractivity contribution in [1.29, 1.82) is 0 Å². The monoisotopic (exact) mass is 568 g/mol. The number of carbonyl (C=O) groups excluding carboxylic acids is 2. The van der Waals surface area contributed by atoms with Gasteiger partial charge in [-0.25, -0.2) is 8.42 Å². The summed E-state index contributed by atoms with van der Waals surface area (Å²) in [5.74, 6) is 0.271. The van der Waals surface area contributed by atoms with Crippen LogP contribution in [-0.2, 0) is 34.1 Å². The SMILES string of the molecule is CC(C)CN1C(=O)[C@@H](NC[C@@H]2Cc3cccc(c3)CCCCc3cc(cc(N(C)S(C)(=O)=O)c3)C(=O)N2)CC1C. The molecule has 2 aromatic carbocycles. The number of fused-ring (bicyclic) bond motifs is 4. The highest BCUT2D eigenvalue weighted by Crippen LogP contribution is 2.24. The molecule has 0 radical (unpaired) electrons. The molecule has 1 fully saturated rings. The van der Waals surface area contributed by atoms with E-state index in [0.29, 0.717) is 30.1 Å². The van der Waals surface area contributed by atoms with Crippen molar-refractivity contribution in [3.05, 3.63) is 64.7 Å². The van der Waals surface area contributed by atoms with Crippen LogP contribution in [0.3, 0.4) is 0 Å². The maximum Gasteiger partial charge on any atom is 0.251 e. The maximum atomic E-state index is 13.6. The van der Waals surface area contributed by atoms with E-state index in [1.165, 1.54) is 16.9 Å². The van der Waals surface area contributed by atoms with E-state index in [-0.39, 0.29) is 29.9 Å². The van der Waals surface area contributed by atoms with Crippen molar-refractivity contribution in [2.45, 2.75) is 77.4 Å². The Labute approximate surface area is 239 Å². The van der Waals surface area contributed by atoms with Crippen LogP contribution in [0.4, 0.5) is 5.69 Å². The lowest BCUT2D eigenvalue weighted by Gasteiger charge is -2.24. The van der Waals surface area contributed by atoms with Gasteiger partial charge in [0.1, 0.15) is 0 Å². The van der Waals surface area contributed by atoms with Gasteiger partial charge in [-0.1, -0.05) is 38.1 Å². The Hall–Kier alpha value is -2.91. The molecule has 0 aliphatic carbocycles. The molecule has 2 aliphatic rings. The van der Waals surface area contributed by atoms with Gasteiger partial charge in [-0.3, -0.25) is 13.9 Å². The van der Waals surface area contributed by atoms with E-state index in [4.69, 9.17) is 0 Å². The summed E-state index contributed by atoms with van der Waals surface area (Å²) in [7, 11) is -1.97. The first-order valence-electron chi connectivity index (χ1n) is 14.4. The molecule has 218 valence electrons. The molecule has 1 unspecified atom stereocenters. The number of nitrogens with one attached hydrogen (secondary N) is 2. The molecule has 0 saturated carbocycles. The third-order valence-electron chi connectivity index (χ3n) is 7.95. The van der Waals surface area contributed by atoms with Gasteiger partial charge in [0.2, 0.25) is 15.9 Å². The molecule has 2 aliphatic heterocycles. The molecule has 4 bridgehead atoms. The molecule has 2 N–H and O–H groups in total. The van der Waals surface area contributed by atoms with Crippen molar-refractivity contribution in [2.24, 2.45) is 5.92 Å². The van der Waals surface area contributed by atoms with E-state index in [1.54, 1.807) is 6.07 Å². The molecule has 40 heavy (non-hydrogen) atoms. The van der Waals surface area contributed by atoms with Crippen LogP contribution in [0.15, 0.2) is 42.5 Å². The van der Waals surface area contributed by atoms with Gasteiger partial charge in [-0.05, 0) is 86.3 Å². The van der Waals surface area contributed by atoms with Crippen molar-refractivity contribution in [1.82, 2.24) is 15.5 Å². The van der Waals surface area contributed by atoms with Crippen molar-refractivity contribution in [3.63, 3.8) is 0 Å². The molecule has 9 heteroatoms. The quantitative estimate of drug-likeness (QED) is 0.533. The first kappa shape index (κ1) is 30.1. The normalized spacial score (nSPS) is 22.2. The number of rotatable bonds is 7. The van der Waals surface area contributed by atoms with Crippen molar-refractivity contribution in [2.75, 3.05) is 30.7 Å².